The maximum atomic E-state index is 13.4. The molecule has 0 atom stereocenters. The highest BCUT2D eigenvalue weighted by atomic mass is 32.2. The van der Waals surface area contributed by atoms with Gasteiger partial charge in [0.05, 0.1) is 17.9 Å². The number of anilines is 1. The third-order valence-corrected chi connectivity index (χ3v) is 3.13. The van der Waals surface area contributed by atoms with Crippen LogP contribution in [0.4, 0.5) is 10.1 Å². The fraction of sp³-hybridized carbons (Fsp3) is 0.300. The average Bonchev–Trinajstić information content (AvgIpc) is 2.31. The first kappa shape index (κ1) is 15.3. The zero-order valence-corrected chi connectivity index (χ0v) is 10.8. The number of hydrogen-bond donors (Lipinski definition) is 3. The molecule has 0 aliphatic rings. The van der Waals surface area contributed by atoms with Crippen LogP contribution in [0, 0.1) is 5.82 Å². The van der Waals surface area contributed by atoms with Crippen LogP contribution in [0.15, 0.2) is 18.2 Å². The third-order valence-electron chi connectivity index (χ3n) is 2.06. The lowest BCUT2D eigenvalue weighted by Gasteiger charge is -2.10. The lowest BCUT2D eigenvalue weighted by atomic mass is 10.2. The van der Waals surface area contributed by atoms with Crippen LogP contribution in [0.1, 0.15) is 10.4 Å². The summed E-state index contributed by atoms with van der Waals surface area (Å²) in [7, 11) is -2.58. The highest BCUT2D eigenvalue weighted by Gasteiger charge is 2.14. The maximum Gasteiger partial charge on any atom is 0.335 e. The number of methoxy groups -OCH3 is 1. The van der Waals surface area contributed by atoms with Gasteiger partial charge in [0.2, 0.25) is 0 Å². The number of nitrogens with one attached hydrogen (secondary N) is 2. The standard InChI is InChI=1S/C10H13FN2O5S/c1-18-5-4-12-19(16,17)13-9-6-7(10(14)15)2-3-8(9)11/h2-3,6,12-13H,4-5H2,1H3,(H,14,15). The monoisotopic (exact) mass is 292 g/mol. The van der Waals surface area contributed by atoms with E-state index in [0.29, 0.717) is 0 Å². The minimum absolute atomic E-state index is 0.00603. The van der Waals surface area contributed by atoms with Gasteiger partial charge >= 0.3 is 5.97 Å². The number of aromatic carboxylic acids is 1. The Kier molecular flexibility index (Phi) is 5.21. The molecule has 0 saturated carbocycles. The molecule has 3 N–H and O–H groups in total. The molecule has 0 fully saturated rings. The molecule has 19 heavy (non-hydrogen) atoms. The van der Waals surface area contributed by atoms with Crippen LogP contribution in [-0.4, -0.2) is 39.8 Å². The minimum atomic E-state index is -3.98. The van der Waals surface area contributed by atoms with Crippen molar-refractivity contribution in [3.8, 4) is 0 Å². The number of halogens is 1. The van der Waals surface area contributed by atoms with E-state index >= 15 is 0 Å². The number of ether oxygens (including phenoxy) is 1. The summed E-state index contributed by atoms with van der Waals surface area (Å²) in [4.78, 5) is 10.7. The van der Waals surface area contributed by atoms with E-state index in [2.05, 4.69) is 9.46 Å². The minimum Gasteiger partial charge on any atom is -0.478 e. The zero-order chi connectivity index (χ0) is 14.5. The second-order valence-electron chi connectivity index (χ2n) is 3.49. The Bertz CT molecular complexity index is 561. The molecule has 0 bridgehead atoms. The van der Waals surface area contributed by atoms with Crippen LogP contribution < -0.4 is 9.44 Å². The van der Waals surface area contributed by atoms with E-state index in [9.17, 15) is 17.6 Å². The van der Waals surface area contributed by atoms with Crippen molar-refractivity contribution in [2.45, 2.75) is 0 Å². The summed E-state index contributed by atoms with van der Waals surface area (Å²) in [6.07, 6.45) is 0. The molecule has 7 nitrogen and oxygen atoms in total. The lowest BCUT2D eigenvalue weighted by Crippen LogP contribution is -2.32. The van der Waals surface area contributed by atoms with Gasteiger partial charge in [0, 0.05) is 13.7 Å². The van der Waals surface area contributed by atoms with E-state index < -0.39 is 27.7 Å². The quantitative estimate of drug-likeness (QED) is 0.632. The number of benzene rings is 1. The summed E-state index contributed by atoms with van der Waals surface area (Å²) in [6, 6.07) is 2.80. The van der Waals surface area contributed by atoms with Gasteiger partial charge in [-0.2, -0.15) is 13.1 Å². The Morgan fingerprint density at radius 1 is 1.47 bits per heavy atom. The van der Waals surface area contributed by atoms with Crippen molar-refractivity contribution in [1.82, 2.24) is 4.72 Å². The Morgan fingerprint density at radius 3 is 2.74 bits per heavy atom. The topological polar surface area (TPSA) is 105 Å². The fourth-order valence-electron chi connectivity index (χ4n) is 1.20. The second-order valence-corrected chi connectivity index (χ2v) is 4.99. The molecule has 0 amide bonds. The van der Waals surface area contributed by atoms with Crippen LogP contribution in [-0.2, 0) is 14.9 Å². The molecular weight excluding hydrogens is 279 g/mol. The van der Waals surface area contributed by atoms with E-state index in [-0.39, 0.29) is 18.7 Å². The molecule has 9 heteroatoms. The fourth-order valence-corrected chi connectivity index (χ4v) is 2.07. The number of carbonyl (C=O) groups is 1. The Balaban J connectivity index is 2.86. The molecule has 1 rings (SSSR count). The Labute approximate surface area is 109 Å². The van der Waals surface area contributed by atoms with Crippen LogP contribution in [0.5, 0.6) is 0 Å². The summed E-state index contributed by atoms with van der Waals surface area (Å²) < 4.78 is 45.1. The van der Waals surface area contributed by atoms with Crippen molar-refractivity contribution in [1.29, 1.82) is 0 Å². The number of carboxylic acids is 1. The first-order chi connectivity index (χ1) is 8.85. The van der Waals surface area contributed by atoms with Crippen molar-refractivity contribution < 1.29 is 27.4 Å². The predicted octanol–water partition coefficient (Wildman–Crippen LogP) is 0.417. The van der Waals surface area contributed by atoms with Crippen molar-refractivity contribution >= 4 is 21.9 Å². The van der Waals surface area contributed by atoms with Gasteiger partial charge in [-0.1, -0.05) is 0 Å². The van der Waals surface area contributed by atoms with Gasteiger partial charge in [-0.05, 0) is 18.2 Å². The first-order valence-corrected chi connectivity index (χ1v) is 6.63. The molecular formula is C10H13FN2O5S. The van der Waals surface area contributed by atoms with E-state index in [1.54, 1.807) is 0 Å². The normalized spacial score (nSPS) is 11.3. The number of hydrogen-bond acceptors (Lipinski definition) is 4. The SMILES string of the molecule is COCCNS(=O)(=O)Nc1cc(C(=O)O)ccc1F. The summed E-state index contributed by atoms with van der Waals surface area (Å²) in [5.74, 6) is -2.16. The predicted molar refractivity (Wildman–Crippen MR) is 65.8 cm³/mol. The van der Waals surface area contributed by atoms with Gasteiger partial charge < -0.3 is 9.84 Å². The molecule has 0 radical (unpaired) electrons. The highest BCUT2D eigenvalue weighted by Crippen LogP contribution is 2.17. The van der Waals surface area contributed by atoms with Crippen molar-refractivity contribution in [3.05, 3.63) is 29.6 Å². The van der Waals surface area contributed by atoms with E-state index in [4.69, 9.17) is 5.11 Å². The highest BCUT2D eigenvalue weighted by molar-refractivity contribution is 7.90. The molecule has 1 aromatic rings. The van der Waals surface area contributed by atoms with Crippen LogP contribution in [0.2, 0.25) is 0 Å². The molecule has 0 saturated heterocycles. The van der Waals surface area contributed by atoms with Crippen molar-refractivity contribution in [2.75, 3.05) is 25.0 Å². The molecule has 1 aromatic carbocycles. The molecule has 0 heterocycles. The molecule has 0 aromatic heterocycles. The molecule has 0 aliphatic heterocycles. The van der Waals surface area contributed by atoms with Gasteiger partial charge in [0.1, 0.15) is 5.82 Å². The summed E-state index contributed by atoms with van der Waals surface area (Å²) in [5.41, 5.74) is -0.666. The zero-order valence-electron chi connectivity index (χ0n) is 10.0. The van der Waals surface area contributed by atoms with Crippen molar-refractivity contribution in [2.24, 2.45) is 0 Å². The third kappa shape index (κ3) is 4.81. The molecule has 0 unspecified atom stereocenters. The van der Waals surface area contributed by atoms with Gasteiger partial charge in [-0.25, -0.2) is 9.18 Å². The maximum absolute atomic E-state index is 13.4. The van der Waals surface area contributed by atoms with E-state index in [1.807, 2.05) is 4.72 Å². The Morgan fingerprint density at radius 2 is 2.16 bits per heavy atom. The number of carboxylic acid groups (broad SMARTS) is 1. The van der Waals surface area contributed by atoms with E-state index in [1.165, 1.54) is 7.11 Å². The summed E-state index contributed by atoms with van der Waals surface area (Å²) in [6.45, 7) is 0.157. The second kappa shape index (κ2) is 6.45. The van der Waals surface area contributed by atoms with Gasteiger partial charge in [0.15, 0.2) is 0 Å². The Hall–Kier alpha value is -1.71. The number of rotatable bonds is 7. The van der Waals surface area contributed by atoms with Crippen LogP contribution in [0.25, 0.3) is 0 Å². The van der Waals surface area contributed by atoms with Crippen LogP contribution >= 0.6 is 0 Å². The molecule has 106 valence electrons. The lowest BCUT2D eigenvalue weighted by molar-refractivity contribution is 0.0697. The largest absolute Gasteiger partial charge is 0.478 e. The van der Waals surface area contributed by atoms with Gasteiger partial charge in [-0.15, -0.1) is 0 Å². The van der Waals surface area contributed by atoms with Crippen molar-refractivity contribution in [3.63, 3.8) is 0 Å². The van der Waals surface area contributed by atoms with Gasteiger partial charge in [0.25, 0.3) is 10.2 Å². The molecule has 0 spiro atoms. The smallest absolute Gasteiger partial charge is 0.335 e. The summed E-state index contributed by atoms with van der Waals surface area (Å²) >= 11 is 0. The van der Waals surface area contributed by atoms with Gasteiger partial charge in [-0.3, -0.25) is 4.72 Å². The average molecular weight is 292 g/mol. The van der Waals surface area contributed by atoms with Crippen LogP contribution in [0.3, 0.4) is 0 Å². The summed E-state index contributed by atoms with van der Waals surface area (Å²) in [5, 5.41) is 8.74. The molecule has 0 aliphatic carbocycles. The van der Waals surface area contributed by atoms with E-state index in [0.717, 1.165) is 18.2 Å². The first-order valence-electron chi connectivity index (χ1n) is 5.15.